The molecule has 0 saturated heterocycles. The molecule has 0 atom stereocenters. The van der Waals surface area contributed by atoms with E-state index in [1.54, 1.807) is 13.8 Å². The van der Waals surface area contributed by atoms with E-state index in [1.165, 1.54) is 13.0 Å². The molecule has 0 bridgehead atoms. The molecule has 1 aromatic rings. The van der Waals surface area contributed by atoms with Crippen LogP contribution in [0.2, 0.25) is 0 Å². The highest BCUT2D eigenvalue weighted by molar-refractivity contribution is 6.40. The minimum atomic E-state index is -1.30. The van der Waals surface area contributed by atoms with E-state index < -0.39 is 29.0 Å². The van der Waals surface area contributed by atoms with Gasteiger partial charge in [-0.05, 0) is 24.5 Å². The Hall–Kier alpha value is -1.78. The fourth-order valence-corrected chi connectivity index (χ4v) is 1.52. The molecule has 0 amide bonds. The number of carbonyl (C=O) groups excluding carboxylic acids is 2. The predicted molar refractivity (Wildman–Crippen MR) is 61.4 cm³/mol. The molecule has 0 fully saturated rings. The number of esters is 1. The molecule has 0 radical (unpaired) electrons. The van der Waals surface area contributed by atoms with E-state index in [0.29, 0.717) is 0 Å². The van der Waals surface area contributed by atoms with Gasteiger partial charge in [0.2, 0.25) is 0 Å². The van der Waals surface area contributed by atoms with Crippen LogP contribution in [-0.2, 0) is 9.53 Å². The molecule has 1 aromatic carbocycles. The minimum absolute atomic E-state index is 0.0301. The average molecular weight is 256 g/mol. The monoisotopic (exact) mass is 256 g/mol. The van der Waals surface area contributed by atoms with Crippen molar-refractivity contribution in [1.29, 1.82) is 0 Å². The van der Waals surface area contributed by atoms with Crippen molar-refractivity contribution in [3.05, 3.63) is 34.9 Å². The molecule has 0 heterocycles. The second-order valence-corrected chi connectivity index (χ2v) is 4.03. The van der Waals surface area contributed by atoms with Crippen molar-refractivity contribution in [2.24, 2.45) is 0 Å². The van der Waals surface area contributed by atoms with Gasteiger partial charge in [-0.15, -0.1) is 0 Å². The molecule has 0 aliphatic rings. The van der Waals surface area contributed by atoms with E-state index in [9.17, 15) is 18.4 Å². The molecule has 0 unspecified atom stereocenters. The summed E-state index contributed by atoms with van der Waals surface area (Å²) in [6.07, 6.45) is 0. The molecule has 98 valence electrons. The molecule has 5 heteroatoms. The molecule has 0 aliphatic carbocycles. The highest BCUT2D eigenvalue weighted by atomic mass is 19.1. The van der Waals surface area contributed by atoms with E-state index >= 15 is 0 Å². The van der Waals surface area contributed by atoms with Gasteiger partial charge in [-0.1, -0.05) is 19.9 Å². The number of hydrogen-bond donors (Lipinski definition) is 0. The fraction of sp³-hybridized carbons (Fsp3) is 0.385. The summed E-state index contributed by atoms with van der Waals surface area (Å²) >= 11 is 0. The van der Waals surface area contributed by atoms with Crippen LogP contribution in [-0.4, -0.2) is 18.4 Å². The van der Waals surface area contributed by atoms with Crippen molar-refractivity contribution < 1.29 is 23.1 Å². The van der Waals surface area contributed by atoms with Gasteiger partial charge in [0, 0.05) is 0 Å². The zero-order chi connectivity index (χ0) is 13.9. The summed E-state index contributed by atoms with van der Waals surface area (Å²) in [7, 11) is 0. The van der Waals surface area contributed by atoms with Crippen LogP contribution in [0, 0.1) is 11.6 Å². The summed E-state index contributed by atoms with van der Waals surface area (Å²) in [5.41, 5.74) is -0.663. The molecule has 0 N–H and O–H groups in total. The molecule has 0 saturated carbocycles. The lowest BCUT2D eigenvalue weighted by Gasteiger charge is -2.10. The Bertz CT molecular complexity index is 481. The van der Waals surface area contributed by atoms with E-state index in [-0.39, 0.29) is 18.1 Å². The van der Waals surface area contributed by atoms with Gasteiger partial charge in [0.25, 0.3) is 5.78 Å². The average Bonchev–Trinajstić information content (AvgIpc) is 2.28. The van der Waals surface area contributed by atoms with Gasteiger partial charge >= 0.3 is 5.97 Å². The molecule has 0 spiro atoms. The second-order valence-electron chi connectivity index (χ2n) is 4.03. The quantitative estimate of drug-likeness (QED) is 0.472. The van der Waals surface area contributed by atoms with Crippen molar-refractivity contribution in [3.63, 3.8) is 0 Å². The number of carbonyl (C=O) groups is 2. The van der Waals surface area contributed by atoms with Crippen LogP contribution in [0.3, 0.4) is 0 Å². The molecule has 1 rings (SSSR count). The Balaban J connectivity index is 3.27. The van der Waals surface area contributed by atoms with Gasteiger partial charge in [-0.25, -0.2) is 13.6 Å². The Morgan fingerprint density at radius 1 is 1.28 bits per heavy atom. The van der Waals surface area contributed by atoms with Crippen LogP contribution >= 0.6 is 0 Å². The molecule has 3 nitrogen and oxygen atoms in total. The lowest BCUT2D eigenvalue weighted by molar-refractivity contribution is -0.137. The number of ketones is 1. The zero-order valence-electron chi connectivity index (χ0n) is 10.4. The van der Waals surface area contributed by atoms with Crippen molar-refractivity contribution in [3.8, 4) is 0 Å². The maximum absolute atomic E-state index is 14.0. The molecule has 0 aliphatic heterocycles. The summed E-state index contributed by atoms with van der Waals surface area (Å²) in [5, 5.41) is 0. The van der Waals surface area contributed by atoms with Gasteiger partial charge in [-0.3, -0.25) is 4.79 Å². The van der Waals surface area contributed by atoms with Crippen molar-refractivity contribution in [2.75, 3.05) is 6.61 Å². The largest absolute Gasteiger partial charge is 0.460 e. The molecular weight excluding hydrogens is 242 g/mol. The maximum atomic E-state index is 14.0. The molecule has 18 heavy (non-hydrogen) atoms. The summed E-state index contributed by atoms with van der Waals surface area (Å²) in [6.45, 7) is 4.88. The van der Waals surface area contributed by atoms with Crippen LogP contribution in [0.4, 0.5) is 8.78 Å². The van der Waals surface area contributed by atoms with E-state index in [1.807, 2.05) is 0 Å². The Morgan fingerprint density at radius 2 is 1.89 bits per heavy atom. The van der Waals surface area contributed by atoms with Crippen LogP contribution in [0.5, 0.6) is 0 Å². The SMILES string of the molecule is CCOC(=O)C(=O)c1c(F)ccc(C(C)C)c1F. The zero-order valence-corrected chi connectivity index (χ0v) is 10.4. The Morgan fingerprint density at radius 3 is 2.39 bits per heavy atom. The van der Waals surface area contributed by atoms with Gasteiger partial charge in [-0.2, -0.15) is 0 Å². The summed E-state index contributed by atoms with van der Waals surface area (Å²) in [6, 6.07) is 2.24. The third kappa shape index (κ3) is 2.72. The van der Waals surface area contributed by atoms with Gasteiger partial charge < -0.3 is 4.74 Å². The smallest absolute Gasteiger partial charge is 0.379 e. The number of Topliss-reactive ketones (excluding diaryl/α,β-unsaturated/α-hetero) is 1. The molecule has 0 aromatic heterocycles. The molecular formula is C13H14F2O3. The van der Waals surface area contributed by atoms with Crippen molar-refractivity contribution >= 4 is 11.8 Å². The first-order valence-corrected chi connectivity index (χ1v) is 5.59. The topological polar surface area (TPSA) is 43.4 Å². The van der Waals surface area contributed by atoms with E-state index in [0.717, 1.165) is 6.07 Å². The Kier molecular flexibility index (Phi) is 4.53. The van der Waals surface area contributed by atoms with Gasteiger partial charge in [0.05, 0.1) is 6.61 Å². The summed E-state index contributed by atoms with van der Waals surface area (Å²) in [4.78, 5) is 22.8. The van der Waals surface area contributed by atoms with Gasteiger partial charge in [0.15, 0.2) is 0 Å². The predicted octanol–water partition coefficient (Wildman–Crippen LogP) is 2.83. The van der Waals surface area contributed by atoms with E-state index in [2.05, 4.69) is 4.74 Å². The highest BCUT2D eigenvalue weighted by Gasteiger charge is 2.27. The van der Waals surface area contributed by atoms with Crippen LogP contribution in [0.1, 0.15) is 42.6 Å². The van der Waals surface area contributed by atoms with Crippen LogP contribution in [0.25, 0.3) is 0 Å². The maximum Gasteiger partial charge on any atom is 0.379 e. The number of halogens is 2. The van der Waals surface area contributed by atoms with Crippen molar-refractivity contribution in [1.82, 2.24) is 0 Å². The first kappa shape index (κ1) is 14.3. The lowest BCUT2D eigenvalue weighted by Crippen LogP contribution is -2.21. The standard InChI is InChI=1S/C13H14F2O3/c1-4-18-13(17)12(16)10-9(14)6-5-8(7(2)3)11(10)15/h5-7H,4H2,1-3H3. The number of benzene rings is 1. The highest BCUT2D eigenvalue weighted by Crippen LogP contribution is 2.24. The minimum Gasteiger partial charge on any atom is -0.460 e. The van der Waals surface area contributed by atoms with Crippen LogP contribution in [0.15, 0.2) is 12.1 Å². The van der Waals surface area contributed by atoms with Crippen molar-refractivity contribution in [2.45, 2.75) is 26.7 Å². The summed E-state index contributed by atoms with van der Waals surface area (Å²) in [5.74, 6) is -4.83. The third-order valence-corrected chi connectivity index (χ3v) is 2.43. The normalized spacial score (nSPS) is 10.6. The number of rotatable bonds is 4. The number of ether oxygens (including phenoxy) is 1. The third-order valence-electron chi connectivity index (χ3n) is 2.43. The number of hydrogen-bond acceptors (Lipinski definition) is 3. The van der Waals surface area contributed by atoms with E-state index in [4.69, 9.17) is 0 Å². The first-order valence-electron chi connectivity index (χ1n) is 5.59. The van der Waals surface area contributed by atoms with Crippen LogP contribution < -0.4 is 0 Å². The second kappa shape index (κ2) is 5.71. The Labute approximate surface area is 104 Å². The fourth-order valence-electron chi connectivity index (χ4n) is 1.52. The lowest BCUT2D eigenvalue weighted by atomic mass is 9.97. The first-order chi connectivity index (χ1) is 8.40. The van der Waals surface area contributed by atoms with Gasteiger partial charge in [0.1, 0.15) is 17.2 Å². The summed E-state index contributed by atoms with van der Waals surface area (Å²) < 4.78 is 31.9.